The Labute approximate surface area is 235 Å². The zero-order valence-corrected chi connectivity index (χ0v) is 22.5. The fourth-order valence-electron chi connectivity index (χ4n) is 5.72. The SMILES string of the molecule is CCCC1CCC(C2CCC(C(=O)OCC(F)(F)C(F)(F)C(F)(F)C(F)(F)C(F)(F)C(F)(F)C(F)(F)C(F)F)CC2)CC1. The Morgan fingerprint density at radius 3 is 1.44 bits per heavy atom. The van der Waals surface area contributed by atoms with Gasteiger partial charge in [-0.15, -0.1) is 0 Å². The maximum Gasteiger partial charge on any atom is 0.385 e. The quantitative estimate of drug-likeness (QED) is 0.145. The maximum atomic E-state index is 14.1. The van der Waals surface area contributed by atoms with Gasteiger partial charge < -0.3 is 4.74 Å². The number of hydrogen-bond acceptors (Lipinski definition) is 2. The molecule has 0 atom stereocenters. The first-order valence-corrected chi connectivity index (χ1v) is 13.4. The van der Waals surface area contributed by atoms with Gasteiger partial charge in [-0.05, 0) is 56.3 Å². The van der Waals surface area contributed by atoms with Crippen LogP contribution in [0.15, 0.2) is 0 Å². The Bertz CT molecular complexity index is 936. The molecule has 2 aliphatic carbocycles. The second-order valence-corrected chi connectivity index (χ2v) is 11.3. The van der Waals surface area contributed by atoms with Gasteiger partial charge >= 0.3 is 53.9 Å². The summed E-state index contributed by atoms with van der Waals surface area (Å²) in [4.78, 5) is 12.2. The highest BCUT2D eigenvalue weighted by molar-refractivity contribution is 5.72. The molecule has 2 fully saturated rings. The molecule has 0 heterocycles. The Morgan fingerprint density at radius 1 is 0.628 bits per heavy atom. The van der Waals surface area contributed by atoms with Crippen LogP contribution in [0.4, 0.5) is 70.2 Å². The first-order valence-electron chi connectivity index (χ1n) is 13.4. The van der Waals surface area contributed by atoms with Crippen molar-refractivity contribution in [1.29, 1.82) is 0 Å². The van der Waals surface area contributed by atoms with Crippen LogP contribution in [0.25, 0.3) is 0 Å². The van der Waals surface area contributed by atoms with E-state index in [0.717, 1.165) is 38.5 Å². The number of alkyl halides is 16. The summed E-state index contributed by atoms with van der Waals surface area (Å²) in [6, 6.07) is 0. The molecule has 2 nitrogen and oxygen atoms in total. The van der Waals surface area contributed by atoms with Gasteiger partial charge in [-0.1, -0.05) is 32.6 Å². The molecule has 0 bridgehead atoms. The van der Waals surface area contributed by atoms with Crippen molar-refractivity contribution in [1.82, 2.24) is 0 Å². The topological polar surface area (TPSA) is 26.3 Å². The molecule has 254 valence electrons. The Morgan fingerprint density at radius 2 is 1.02 bits per heavy atom. The zero-order valence-electron chi connectivity index (χ0n) is 22.5. The van der Waals surface area contributed by atoms with E-state index < -0.39 is 66.4 Å². The minimum atomic E-state index is -8.47. The zero-order chi connectivity index (χ0) is 33.4. The fraction of sp³-hybridized carbons (Fsp3) is 0.960. The van der Waals surface area contributed by atoms with Crippen LogP contribution in [-0.2, 0) is 9.53 Å². The summed E-state index contributed by atoms with van der Waals surface area (Å²) in [5.74, 6) is -56.9. The Balaban J connectivity index is 2.09. The van der Waals surface area contributed by atoms with Gasteiger partial charge in [0.05, 0.1) is 5.92 Å². The molecule has 43 heavy (non-hydrogen) atoms. The summed E-state index contributed by atoms with van der Waals surface area (Å²) in [5.41, 5.74) is 0. The van der Waals surface area contributed by atoms with Crippen LogP contribution in [-0.4, -0.2) is 60.5 Å². The third-order valence-corrected chi connectivity index (χ3v) is 8.49. The lowest BCUT2D eigenvalue weighted by Crippen LogP contribution is -2.74. The summed E-state index contributed by atoms with van der Waals surface area (Å²) in [5, 5.41) is 0. The number of carbonyl (C=O) groups is 1. The fourth-order valence-corrected chi connectivity index (χ4v) is 5.72. The third kappa shape index (κ3) is 6.53. The molecule has 0 aromatic carbocycles. The van der Waals surface area contributed by atoms with Gasteiger partial charge in [0, 0.05) is 0 Å². The molecule has 2 rings (SSSR count). The van der Waals surface area contributed by atoms with E-state index in [-0.39, 0.29) is 18.8 Å². The number of rotatable bonds is 13. The molecule has 0 aromatic rings. The van der Waals surface area contributed by atoms with E-state index in [9.17, 15) is 75.0 Å². The monoisotopic (exact) mass is 666 g/mol. The lowest BCUT2D eigenvalue weighted by atomic mass is 9.69. The van der Waals surface area contributed by atoms with Crippen LogP contribution in [0.1, 0.15) is 71.1 Å². The van der Waals surface area contributed by atoms with Crippen LogP contribution in [0.3, 0.4) is 0 Å². The van der Waals surface area contributed by atoms with Crippen LogP contribution in [0, 0.1) is 23.7 Å². The molecule has 0 N–H and O–H groups in total. The van der Waals surface area contributed by atoms with E-state index in [2.05, 4.69) is 11.7 Å². The lowest BCUT2D eigenvalue weighted by Gasteiger charge is -2.42. The van der Waals surface area contributed by atoms with Gasteiger partial charge in [0.1, 0.15) is 0 Å². The average molecular weight is 666 g/mol. The second kappa shape index (κ2) is 12.6. The highest BCUT2D eigenvalue weighted by Crippen LogP contribution is 2.62. The van der Waals surface area contributed by atoms with E-state index in [1.165, 1.54) is 0 Å². The summed E-state index contributed by atoms with van der Waals surface area (Å²) < 4.78 is 219. The number of esters is 1. The standard InChI is InChI=1S/C25H30F16O2/c1-2-3-13-4-6-14(7-5-13)15-8-10-16(11-9-15)17(42)43-12-19(28,29)21(32,33)23(36,37)25(40,41)24(38,39)22(34,35)20(30,31)18(26)27/h13-16,18H,2-12H2,1H3. The Kier molecular flexibility index (Phi) is 11.0. The van der Waals surface area contributed by atoms with Crippen LogP contribution in [0.2, 0.25) is 0 Å². The number of carbonyl (C=O) groups excluding carboxylic acids is 1. The van der Waals surface area contributed by atoms with Gasteiger partial charge in [-0.2, -0.15) is 61.5 Å². The second-order valence-electron chi connectivity index (χ2n) is 11.3. The summed E-state index contributed by atoms with van der Waals surface area (Å²) in [7, 11) is 0. The molecule has 2 saturated carbocycles. The smallest absolute Gasteiger partial charge is 0.385 e. The van der Waals surface area contributed by atoms with Gasteiger partial charge in [0.25, 0.3) is 0 Å². The van der Waals surface area contributed by atoms with Crippen molar-refractivity contribution in [2.24, 2.45) is 23.7 Å². The largest absolute Gasteiger partial charge is 0.459 e. The van der Waals surface area contributed by atoms with Crippen LogP contribution in [0.5, 0.6) is 0 Å². The predicted octanol–water partition coefficient (Wildman–Crippen LogP) is 9.65. The summed E-state index contributed by atoms with van der Waals surface area (Å²) in [6.07, 6.45) is 0.900. The molecular weight excluding hydrogens is 636 g/mol. The maximum absolute atomic E-state index is 14.1. The normalized spacial score (nSPS) is 25.6. The third-order valence-electron chi connectivity index (χ3n) is 8.49. The van der Waals surface area contributed by atoms with E-state index >= 15 is 0 Å². The van der Waals surface area contributed by atoms with Gasteiger partial charge in [0.2, 0.25) is 0 Å². The van der Waals surface area contributed by atoms with Crippen molar-refractivity contribution in [2.45, 2.75) is 119 Å². The molecule has 0 radical (unpaired) electrons. The first-order chi connectivity index (χ1) is 19.3. The molecule has 0 amide bonds. The molecular formula is C25H30F16O2. The minimum Gasteiger partial charge on any atom is -0.459 e. The number of ether oxygens (including phenoxy) is 1. The highest BCUT2D eigenvalue weighted by atomic mass is 19.4. The number of halogens is 16. The first kappa shape index (κ1) is 37.5. The molecule has 0 aliphatic heterocycles. The van der Waals surface area contributed by atoms with Gasteiger partial charge in [-0.3, -0.25) is 4.79 Å². The van der Waals surface area contributed by atoms with Crippen LogP contribution >= 0.6 is 0 Å². The molecule has 2 aliphatic rings. The van der Waals surface area contributed by atoms with Crippen molar-refractivity contribution in [3.63, 3.8) is 0 Å². The molecule has 0 spiro atoms. The van der Waals surface area contributed by atoms with Crippen molar-refractivity contribution in [3.05, 3.63) is 0 Å². The highest BCUT2D eigenvalue weighted by Gasteiger charge is 2.93. The predicted molar refractivity (Wildman–Crippen MR) is 117 cm³/mol. The van der Waals surface area contributed by atoms with Gasteiger partial charge in [0.15, 0.2) is 6.61 Å². The lowest BCUT2D eigenvalue weighted by molar-refractivity contribution is -0.447. The van der Waals surface area contributed by atoms with Gasteiger partial charge in [-0.25, -0.2) is 8.78 Å². The van der Waals surface area contributed by atoms with E-state index in [4.69, 9.17) is 0 Å². The average Bonchev–Trinajstić information content (AvgIpc) is 2.91. The van der Waals surface area contributed by atoms with E-state index in [1.54, 1.807) is 0 Å². The Hall–Kier alpha value is -1.65. The molecule has 18 heteroatoms. The minimum absolute atomic E-state index is 0.00817. The van der Waals surface area contributed by atoms with Crippen molar-refractivity contribution in [2.75, 3.05) is 6.61 Å². The number of hydrogen-bond donors (Lipinski definition) is 0. The summed E-state index contributed by atoms with van der Waals surface area (Å²) in [6.45, 7) is -1.05. The van der Waals surface area contributed by atoms with Crippen molar-refractivity contribution >= 4 is 5.97 Å². The summed E-state index contributed by atoms with van der Waals surface area (Å²) >= 11 is 0. The van der Waals surface area contributed by atoms with Crippen molar-refractivity contribution < 1.29 is 79.8 Å². The van der Waals surface area contributed by atoms with E-state index in [1.807, 2.05) is 0 Å². The molecule has 0 saturated heterocycles. The van der Waals surface area contributed by atoms with E-state index in [0.29, 0.717) is 24.7 Å². The molecule has 0 aromatic heterocycles. The molecule has 0 unspecified atom stereocenters. The van der Waals surface area contributed by atoms with Crippen LogP contribution < -0.4 is 0 Å². The van der Waals surface area contributed by atoms with Crippen molar-refractivity contribution in [3.8, 4) is 0 Å².